The molecular formula is C23H27FN4O4S. The predicted octanol–water partition coefficient (Wildman–Crippen LogP) is 3.91. The van der Waals surface area contributed by atoms with Crippen LogP contribution >= 0.6 is 0 Å². The summed E-state index contributed by atoms with van der Waals surface area (Å²) in [7, 11) is -3.78. The van der Waals surface area contributed by atoms with Crippen LogP contribution in [0.1, 0.15) is 32.5 Å². The Morgan fingerprint density at radius 3 is 2.48 bits per heavy atom. The number of sulfonamides is 1. The minimum Gasteiger partial charge on any atom is -0.493 e. The Bertz CT molecular complexity index is 1220. The van der Waals surface area contributed by atoms with Crippen molar-refractivity contribution < 1.29 is 22.1 Å². The number of anilines is 1. The van der Waals surface area contributed by atoms with Gasteiger partial charge in [-0.15, -0.1) is 0 Å². The fourth-order valence-electron chi connectivity index (χ4n) is 3.72. The largest absolute Gasteiger partial charge is 0.493 e. The lowest BCUT2D eigenvalue weighted by Gasteiger charge is -2.35. The van der Waals surface area contributed by atoms with Crippen LogP contribution in [-0.4, -0.2) is 55.6 Å². The Balaban J connectivity index is 1.59. The number of piperazine rings is 1. The van der Waals surface area contributed by atoms with Crippen LogP contribution in [0.3, 0.4) is 0 Å². The van der Waals surface area contributed by atoms with E-state index in [2.05, 4.69) is 10.1 Å². The molecule has 0 bridgehead atoms. The van der Waals surface area contributed by atoms with E-state index in [9.17, 15) is 12.8 Å². The van der Waals surface area contributed by atoms with Crippen molar-refractivity contribution in [2.75, 3.05) is 37.7 Å². The van der Waals surface area contributed by atoms with E-state index in [-0.39, 0.29) is 35.6 Å². The van der Waals surface area contributed by atoms with Crippen LogP contribution in [-0.2, 0) is 10.0 Å². The molecular weight excluding hydrogens is 447 g/mol. The summed E-state index contributed by atoms with van der Waals surface area (Å²) < 4.78 is 53.4. The third-order valence-corrected chi connectivity index (χ3v) is 7.40. The molecule has 0 unspecified atom stereocenters. The van der Waals surface area contributed by atoms with E-state index < -0.39 is 10.0 Å². The zero-order chi connectivity index (χ0) is 23.6. The van der Waals surface area contributed by atoms with Crippen molar-refractivity contribution in [2.24, 2.45) is 0 Å². The van der Waals surface area contributed by atoms with Crippen molar-refractivity contribution in [1.82, 2.24) is 14.4 Å². The highest BCUT2D eigenvalue weighted by Crippen LogP contribution is 2.33. The number of para-hydroxylation sites is 1. The van der Waals surface area contributed by atoms with Crippen LogP contribution in [0, 0.1) is 5.82 Å². The Morgan fingerprint density at radius 1 is 1.12 bits per heavy atom. The van der Waals surface area contributed by atoms with Gasteiger partial charge in [0, 0.05) is 32.1 Å². The van der Waals surface area contributed by atoms with E-state index in [4.69, 9.17) is 9.26 Å². The molecule has 0 amide bonds. The predicted molar refractivity (Wildman–Crippen MR) is 122 cm³/mol. The molecule has 2 heterocycles. The van der Waals surface area contributed by atoms with Crippen molar-refractivity contribution >= 4 is 15.7 Å². The molecule has 4 rings (SSSR count). The van der Waals surface area contributed by atoms with Gasteiger partial charge in [-0.25, -0.2) is 12.8 Å². The summed E-state index contributed by atoms with van der Waals surface area (Å²) in [5.74, 6) is 0.967. The van der Waals surface area contributed by atoms with Crippen LogP contribution in [0.25, 0.3) is 11.5 Å². The molecule has 8 nitrogen and oxygen atoms in total. The van der Waals surface area contributed by atoms with E-state index in [1.807, 2.05) is 25.7 Å². The monoisotopic (exact) mass is 474 g/mol. The van der Waals surface area contributed by atoms with Gasteiger partial charge in [0.25, 0.3) is 5.89 Å². The first-order chi connectivity index (χ1) is 15.8. The lowest BCUT2D eigenvalue weighted by atomic mass is 10.2. The maximum absolute atomic E-state index is 14.1. The summed E-state index contributed by atoms with van der Waals surface area (Å²) in [6, 6.07) is 11.2. The molecule has 1 aliphatic rings. The SMILES string of the molecule is CCOc1ccc(S(=O)(=O)N2CCN(c3ccccc3F)CC2)cc1-c1nc(C(C)C)no1. The lowest BCUT2D eigenvalue weighted by molar-refractivity contribution is 0.338. The van der Waals surface area contributed by atoms with Crippen molar-refractivity contribution in [1.29, 1.82) is 0 Å². The third kappa shape index (κ3) is 4.72. The highest BCUT2D eigenvalue weighted by molar-refractivity contribution is 7.89. The van der Waals surface area contributed by atoms with Gasteiger partial charge in [-0.3, -0.25) is 0 Å². The molecule has 0 spiro atoms. The minimum atomic E-state index is -3.78. The molecule has 0 saturated carbocycles. The molecule has 0 radical (unpaired) electrons. The lowest BCUT2D eigenvalue weighted by Crippen LogP contribution is -2.48. The topological polar surface area (TPSA) is 88.8 Å². The second kappa shape index (κ2) is 9.48. The van der Waals surface area contributed by atoms with Gasteiger partial charge in [0.2, 0.25) is 10.0 Å². The zero-order valence-corrected chi connectivity index (χ0v) is 19.7. The number of rotatable bonds is 7. The fraction of sp³-hybridized carbons (Fsp3) is 0.391. The highest BCUT2D eigenvalue weighted by Gasteiger charge is 2.30. The Morgan fingerprint density at radius 2 is 1.85 bits per heavy atom. The van der Waals surface area contributed by atoms with Gasteiger partial charge in [0.15, 0.2) is 5.82 Å². The molecule has 0 aliphatic carbocycles. The molecule has 3 aromatic rings. The third-order valence-electron chi connectivity index (χ3n) is 5.51. The van der Waals surface area contributed by atoms with Gasteiger partial charge < -0.3 is 14.2 Å². The van der Waals surface area contributed by atoms with Gasteiger partial charge in [0.1, 0.15) is 11.6 Å². The first kappa shape index (κ1) is 23.2. The quantitative estimate of drug-likeness (QED) is 0.513. The summed E-state index contributed by atoms with van der Waals surface area (Å²) in [6.45, 7) is 7.42. The second-order valence-electron chi connectivity index (χ2n) is 8.05. The van der Waals surface area contributed by atoms with Crippen molar-refractivity contribution in [3.63, 3.8) is 0 Å². The maximum Gasteiger partial charge on any atom is 0.261 e. The van der Waals surface area contributed by atoms with Gasteiger partial charge in [0.05, 0.1) is 22.8 Å². The van der Waals surface area contributed by atoms with E-state index in [0.717, 1.165) is 0 Å². The Labute approximate surface area is 193 Å². The Hall–Kier alpha value is -2.98. The molecule has 1 saturated heterocycles. The number of nitrogens with zero attached hydrogens (tertiary/aromatic N) is 4. The number of halogens is 1. The maximum atomic E-state index is 14.1. The number of ether oxygens (including phenoxy) is 1. The van der Waals surface area contributed by atoms with Crippen molar-refractivity contribution in [2.45, 2.75) is 31.6 Å². The number of aromatic nitrogens is 2. The van der Waals surface area contributed by atoms with E-state index in [0.29, 0.717) is 42.5 Å². The average molecular weight is 475 g/mol. The summed E-state index contributed by atoms with van der Waals surface area (Å²) in [5, 5.41) is 3.98. The van der Waals surface area contributed by atoms with Gasteiger partial charge >= 0.3 is 0 Å². The summed E-state index contributed by atoms with van der Waals surface area (Å²) >= 11 is 0. The van der Waals surface area contributed by atoms with Gasteiger partial charge in [-0.1, -0.05) is 31.1 Å². The smallest absolute Gasteiger partial charge is 0.261 e. The van der Waals surface area contributed by atoms with E-state index in [1.165, 1.54) is 22.5 Å². The molecule has 0 N–H and O–H groups in total. The number of hydrogen-bond donors (Lipinski definition) is 0. The van der Waals surface area contributed by atoms with Gasteiger partial charge in [-0.2, -0.15) is 9.29 Å². The van der Waals surface area contributed by atoms with Crippen LogP contribution in [0.4, 0.5) is 10.1 Å². The molecule has 1 fully saturated rings. The van der Waals surface area contributed by atoms with Gasteiger partial charge in [-0.05, 0) is 37.3 Å². The molecule has 2 aromatic carbocycles. The van der Waals surface area contributed by atoms with E-state index >= 15 is 0 Å². The van der Waals surface area contributed by atoms with Crippen molar-refractivity contribution in [3.05, 3.63) is 54.1 Å². The second-order valence-corrected chi connectivity index (χ2v) is 9.98. The number of hydrogen-bond acceptors (Lipinski definition) is 7. The average Bonchev–Trinajstić information content (AvgIpc) is 3.30. The fourth-order valence-corrected chi connectivity index (χ4v) is 5.17. The first-order valence-corrected chi connectivity index (χ1v) is 12.4. The van der Waals surface area contributed by atoms with Crippen LogP contribution in [0.2, 0.25) is 0 Å². The number of benzene rings is 2. The summed E-state index contributed by atoms with van der Waals surface area (Å²) in [5.41, 5.74) is 0.914. The molecule has 176 valence electrons. The normalized spacial score (nSPS) is 15.2. The van der Waals surface area contributed by atoms with Crippen LogP contribution < -0.4 is 9.64 Å². The molecule has 0 atom stereocenters. The first-order valence-electron chi connectivity index (χ1n) is 10.9. The van der Waals surface area contributed by atoms with Crippen molar-refractivity contribution in [3.8, 4) is 17.2 Å². The summed E-state index contributed by atoms with van der Waals surface area (Å²) in [4.78, 5) is 6.38. The zero-order valence-electron chi connectivity index (χ0n) is 18.9. The molecule has 1 aromatic heterocycles. The van der Waals surface area contributed by atoms with E-state index in [1.54, 1.807) is 24.3 Å². The Kier molecular flexibility index (Phi) is 6.66. The molecule has 33 heavy (non-hydrogen) atoms. The standard InChI is InChI=1S/C23H27FN4O4S/c1-4-31-21-10-9-17(15-18(21)23-25-22(16(2)3)26-32-23)33(29,30)28-13-11-27(12-14-28)20-8-6-5-7-19(20)24/h5-10,15-16H,4,11-14H2,1-3H3. The molecule has 10 heteroatoms. The highest BCUT2D eigenvalue weighted by atomic mass is 32.2. The van der Waals surface area contributed by atoms with Crippen LogP contribution in [0.5, 0.6) is 5.75 Å². The molecule has 1 aliphatic heterocycles. The van der Waals surface area contributed by atoms with Crippen LogP contribution in [0.15, 0.2) is 51.9 Å². The summed E-state index contributed by atoms with van der Waals surface area (Å²) in [6.07, 6.45) is 0. The minimum absolute atomic E-state index is 0.0655.